The summed E-state index contributed by atoms with van der Waals surface area (Å²) in [6.07, 6.45) is 3.71. The van der Waals surface area contributed by atoms with Crippen molar-refractivity contribution in [3.05, 3.63) is 28.7 Å². The van der Waals surface area contributed by atoms with E-state index in [0.29, 0.717) is 12.1 Å². The molecule has 1 aromatic carbocycles. The third kappa shape index (κ3) is 3.55. The van der Waals surface area contributed by atoms with Gasteiger partial charge in [-0.25, -0.2) is 9.59 Å². The second kappa shape index (κ2) is 6.62. The van der Waals surface area contributed by atoms with Crippen molar-refractivity contribution in [2.75, 3.05) is 31.1 Å². The molecule has 146 valence electrons. The molecule has 7 nitrogen and oxygen atoms in total. The van der Waals surface area contributed by atoms with Crippen LogP contribution in [0.3, 0.4) is 0 Å². The van der Waals surface area contributed by atoms with E-state index >= 15 is 0 Å². The summed E-state index contributed by atoms with van der Waals surface area (Å²) in [7, 11) is 1.71. The maximum atomic E-state index is 12.6. The Kier molecular flexibility index (Phi) is 4.40. The molecule has 27 heavy (non-hydrogen) atoms. The topological polar surface area (TPSA) is 70.7 Å². The fourth-order valence-electron chi connectivity index (χ4n) is 3.96. The summed E-state index contributed by atoms with van der Waals surface area (Å²) < 4.78 is 6.82. The maximum Gasteiger partial charge on any atom is 0.419 e. The van der Waals surface area contributed by atoms with Crippen LogP contribution in [0.25, 0.3) is 11.1 Å². The largest absolute Gasteiger partial charge is 0.419 e. The van der Waals surface area contributed by atoms with Crippen LogP contribution < -0.4 is 16.0 Å². The lowest BCUT2D eigenvalue weighted by atomic mass is 9.98. The second-order valence-corrected chi connectivity index (χ2v) is 8.43. The van der Waals surface area contributed by atoms with Crippen LogP contribution in [0.2, 0.25) is 0 Å². The molecule has 1 N–H and O–H groups in total. The number of oxazole rings is 1. The molecule has 0 bridgehead atoms. The molecule has 0 spiro atoms. The molecule has 1 aliphatic heterocycles. The zero-order chi connectivity index (χ0) is 19.2. The number of nitrogens with one attached hydrogen (secondary N) is 1. The van der Waals surface area contributed by atoms with Crippen LogP contribution in [0.4, 0.5) is 10.5 Å². The van der Waals surface area contributed by atoms with Crippen LogP contribution in [0.1, 0.15) is 33.1 Å². The summed E-state index contributed by atoms with van der Waals surface area (Å²) in [5.74, 6) is 0.471. The van der Waals surface area contributed by atoms with E-state index < -0.39 is 0 Å². The number of benzene rings is 1. The van der Waals surface area contributed by atoms with Gasteiger partial charge in [-0.15, -0.1) is 0 Å². The van der Waals surface area contributed by atoms with Gasteiger partial charge in [0, 0.05) is 45.0 Å². The van der Waals surface area contributed by atoms with Gasteiger partial charge in [-0.1, -0.05) is 12.8 Å². The molecular formula is C20H28N4O3. The van der Waals surface area contributed by atoms with E-state index in [1.165, 1.54) is 17.4 Å². The van der Waals surface area contributed by atoms with Crippen molar-refractivity contribution >= 4 is 22.8 Å². The van der Waals surface area contributed by atoms with Gasteiger partial charge in [0.1, 0.15) is 0 Å². The van der Waals surface area contributed by atoms with E-state index in [1.807, 2.05) is 23.1 Å². The van der Waals surface area contributed by atoms with Crippen molar-refractivity contribution in [3.8, 4) is 0 Å². The molecule has 2 aliphatic rings. The molecule has 4 rings (SSSR count). The third-order valence-electron chi connectivity index (χ3n) is 5.81. The average molecular weight is 372 g/mol. The number of nitrogens with zero attached hydrogens (tertiary/aromatic N) is 3. The standard InChI is InChI=1S/C20H28N4O3/c1-20(2)13-23(10-11-24(20)18(25)21-9-8-14-4-5-14)15-6-7-16-17(12-15)27-19(26)22(16)3/h6-7,12,14H,4-5,8-11,13H2,1-3H3,(H,21,25). The normalized spacial score (nSPS) is 19.5. The number of anilines is 1. The molecule has 0 radical (unpaired) electrons. The number of fused-ring (bicyclic) bond motifs is 1. The zero-order valence-electron chi connectivity index (χ0n) is 16.3. The van der Waals surface area contributed by atoms with Gasteiger partial charge in [0.25, 0.3) is 0 Å². The first-order valence-electron chi connectivity index (χ1n) is 9.75. The Balaban J connectivity index is 1.44. The fraction of sp³-hybridized carbons (Fsp3) is 0.600. The summed E-state index contributed by atoms with van der Waals surface area (Å²) in [6.45, 7) is 7.11. The van der Waals surface area contributed by atoms with Crippen molar-refractivity contribution in [1.29, 1.82) is 0 Å². The number of carbonyl (C=O) groups is 1. The fourth-order valence-corrected chi connectivity index (χ4v) is 3.96. The summed E-state index contributed by atoms with van der Waals surface area (Å²) in [5.41, 5.74) is 2.11. The average Bonchev–Trinajstić information content (AvgIpc) is 3.39. The smallest absolute Gasteiger partial charge is 0.408 e. The Morgan fingerprint density at radius 3 is 2.78 bits per heavy atom. The predicted octanol–water partition coefficient (Wildman–Crippen LogP) is 2.54. The Hall–Kier alpha value is -2.44. The van der Waals surface area contributed by atoms with Crippen molar-refractivity contribution in [1.82, 2.24) is 14.8 Å². The van der Waals surface area contributed by atoms with Crippen molar-refractivity contribution < 1.29 is 9.21 Å². The van der Waals surface area contributed by atoms with Crippen LogP contribution in [0, 0.1) is 5.92 Å². The lowest BCUT2D eigenvalue weighted by molar-refractivity contribution is 0.123. The number of urea groups is 1. The van der Waals surface area contributed by atoms with Gasteiger partial charge in [-0.05, 0) is 38.3 Å². The highest BCUT2D eigenvalue weighted by molar-refractivity contribution is 5.78. The van der Waals surface area contributed by atoms with Crippen LogP contribution in [0.5, 0.6) is 0 Å². The van der Waals surface area contributed by atoms with E-state index in [9.17, 15) is 9.59 Å². The van der Waals surface area contributed by atoms with Gasteiger partial charge < -0.3 is 19.5 Å². The van der Waals surface area contributed by atoms with E-state index in [1.54, 1.807) is 7.05 Å². The molecule has 2 fully saturated rings. The Morgan fingerprint density at radius 2 is 2.07 bits per heavy atom. The Morgan fingerprint density at radius 1 is 1.30 bits per heavy atom. The molecule has 1 aliphatic carbocycles. The molecule has 2 aromatic rings. The highest BCUT2D eigenvalue weighted by atomic mass is 16.4. The van der Waals surface area contributed by atoms with Crippen molar-refractivity contribution in [3.63, 3.8) is 0 Å². The van der Waals surface area contributed by atoms with Crippen LogP contribution in [-0.2, 0) is 7.05 Å². The summed E-state index contributed by atoms with van der Waals surface area (Å²) in [4.78, 5) is 28.5. The third-order valence-corrected chi connectivity index (χ3v) is 5.81. The van der Waals surface area contributed by atoms with Gasteiger partial charge in [-0.3, -0.25) is 4.57 Å². The number of amides is 2. The summed E-state index contributed by atoms with van der Waals surface area (Å²) >= 11 is 0. The van der Waals surface area contributed by atoms with Crippen LogP contribution in [0.15, 0.2) is 27.4 Å². The van der Waals surface area contributed by atoms with Gasteiger partial charge in [0.2, 0.25) is 0 Å². The number of aryl methyl sites for hydroxylation is 1. The maximum absolute atomic E-state index is 12.6. The molecule has 7 heteroatoms. The van der Waals surface area contributed by atoms with Gasteiger partial charge in [0.15, 0.2) is 5.58 Å². The monoisotopic (exact) mass is 372 g/mol. The minimum Gasteiger partial charge on any atom is -0.408 e. The molecule has 1 saturated carbocycles. The van der Waals surface area contributed by atoms with Crippen LogP contribution >= 0.6 is 0 Å². The Bertz CT molecular complexity index is 910. The number of piperazine rings is 1. The van der Waals surface area contributed by atoms with E-state index in [2.05, 4.69) is 24.1 Å². The second-order valence-electron chi connectivity index (χ2n) is 8.43. The quantitative estimate of drug-likeness (QED) is 0.895. The highest BCUT2D eigenvalue weighted by Crippen LogP contribution is 2.32. The van der Waals surface area contributed by atoms with E-state index in [4.69, 9.17) is 4.42 Å². The molecule has 0 unspecified atom stereocenters. The predicted molar refractivity (Wildman–Crippen MR) is 105 cm³/mol. The number of hydrogen-bond donors (Lipinski definition) is 1. The molecule has 2 heterocycles. The van der Waals surface area contributed by atoms with Crippen molar-refractivity contribution in [2.45, 2.75) is 38.6 Å². The number of carbonyl (C=O) groups excluding carboxylic acids is 1. The summed E-state index contributed by atoms with van der Waals surface area (Å²) in [5, 5.41) is 3.08. The van der Waals surface area contributed by atoms with Crippen LogP contribution in [-0.4, -0.2) is 47.2 Å². The first kappa shape index (κ1) is 17.9. The number of rotatable bonds is 4. The molecule has 1 aromatic heterocycles. The first-order chi connectivity index (χ1) is 12.8. The minimum absolute atomic E-state index is 0.0322. The van der Waals surface area contributed by atoms with Gasteiger partial charge in [0.05, 0.1) is 11.1 Å². The lowest BCUT2D eigenvalue weighted by Gasteiger charge is -2.47. The minimum atomic E-state index is -0.352. The SMILES string of the molecule is Cn1c(=O)oc2cc(N3CCN(C(=O)NCCC4CC4)C(C)(C)C3)ccc21. The van der Waals surface area contributed by atoms with Gasteiger partial charge >= 0.3 is 11.8 Å². The molecular weight excluding hydrogens is 344 g/mol. The van der Waals surface area contributed by atoms with Gasteiger partial charge in [-0.2, -0.15) is 0 Å². The molecule has 2 amide bonds. The highest BCUT2D eigenvalue weighted by Gasteiger charge is 2.37. The molecule has 1 saturated heterocycles. The summed E-state index contributed by atoms with van der Waals surface area (Å²) in [6, 6.07) is 5.88. The number of aromatic nitrogens is 1. The lowest BCUT2D eigenvalue weighted by Crippen LogP contribution is -2.63. The zero-order valence-corrected chi connectivity index (χ0v) is 16.3. The van der Waals surface area contributed by atoms with Crippen molar-refractivity contribution in [2.24, 2.45) is 13.0 Å². The van der Waals surface area contributed by atoms with E-state index in [-0.39, 0.29) is 17.3 Å². The number of hydrogen-bond acceptors (Lipinski definition) is 4. The van der Waals surface area contributed by atoms with E-state index in [0.717, 1.165) is 43.2 Å². The molecule has 0 atom stereocenters. The first-order valence-corrected chi connectivity index (χ1v) is 9.75. The Labute approximate surface area is 158 Å².